The smallest absolute Gasteiger partial charge is 0.416 e. The topological polar surface area (TPSA) is 52.6 Å². The molecular weight excluding hydrogens is 440 g/mol. The van der Waals surface area contributed by atoms with Crippen LogP contribution in [0.3, 0.4) is 0 Å². The molecule has 0 atom stereocenters. The molecule has 188 valence electrons. The summed E-state index contributed by atoms with van der Waals surface area (Å²) in [5.74, 6) is -2.57. The van der Waals surface area contributed by atoms with Crippen molar-refractivity contribution in [3.05, 3.63) is 35.1 Å². The van der Waals surface area contributed by atoms with E-state index in [-0.39, 0.29) is 19.4 Å². The highest BCUT2D eigenvalue weighted by Gasteiger charge is 2.34. The third kappa shape index (κ3) is 13.2. The molecule has 0 radical (unpaired) electrons. The predicted molar refractivity (Wildman–Crippen MR) is 118 cm³/mol. The lowest BCUT2D eigenvalue weighted by Crippen LogP contribution is -2.15. The highest BCUT2D eigenvalue weighted by Crippen LogP contribution is 2.33. The van der Waals surface area contributed by atoms with E-state index in [0.717, 1.165) is 37.5 Å². The van der Waals surface area contributed by atoms with E-state index in [1.54, 1.807) is 0 Å². The number of hydrogen-bond acceptors (Lipinski definition) is 4. The van der Waals surface area contributed by atoms with Crippen LogP contribution in [0.1, 0.15) is 102 Å². The lowest BCUT2D eigenvalue weighted by molar-refractivity contribution is -0.152. The second kappa shape index (κ2) is 16.5. The SMILES string of the molecule is CCCCCCCCCCCCCOC(=O)CCC(=O)OCc1c(F)cccc1C(F)(F)F. The molecule has 0 heterocycles. The molecule has 0 aromatic heterocycles. The Morgan fingerprint density at radius 2 is 1.30 bits per heavy atom. The summed E-state index contributed by atoms with van der Waals surface area (Å²) in [5.41, 5.74) is -1.93. The Kier molecular flexibility index (Phi) is 14.4. The first-order valence-electron chi connectivity index (χ1n) is 11.9. The lowest BCUT2D eigenvalue weighted by Gasteiger charge is -2.13. The van der Waals surface area contributed by atoms with Gasteiger partial charge in [0.2, 0.25) is 0 Å². The monoisotopic (exact) mass is 476 g/mol. The van der Waals surface area contributed by atoms with Gasteiger partial charge in [-0.3, -0.25) is 9.59 Å². The number of carbonyl (C=O) groups is 2. The zero-order chi connectivity index (χ0) is 24.5. The minimum atomic E-state index is -4.76. The molecule has 0 bridgehead atoms. The van der Waals surface area contributed by atoms with Gasteiger partial charge in [-0.05, 0) is 18.6 Å². The van der Waals surface area contributed by atoms with Crippen molar-refractivity contribution in [1.82, 2.24) is 0 Å². The van der Waals surface area contributed by atoms with Crippen LogP contribution in [0, 0.1) is 5.82 Å². The summed E-state index contributed by atoms with van der Waals surface area (Å²) in [6.07, 6.45) is 7.65. The average molecular weight is 477 g/mol. The van der Waals surface area contributed by atoms with E-state index < -0.39 is 41.7 Å². The first-order chi connectivity index (χ1) is 15.8. The Labute approximate surface area is 194 Å². The Bertz CT molecular complexity index is 704. The molecule has 4 nitrogen and oxygen atoms in total. The van der Waals surface area contributed by atoms with E-state index in [1.165, 1.54) is 51.4 Å². The molecule has 1 rings (SSSR count). The number of unbranched alkanes of at least 4 members (excludes halogenated alkanes) is 10. The fraction of sp³-hybridized carbons (Fsp3) is 0.680. The van der Waals surface area contributed by atoms with Gasteiger partial charge in [0.25, 0.3) is 0 Å². The van der Waals surface area contributed by atoms with E-state index >= 15 is 0 Å². The maximum Gasteiger partial charge on any atom is 0.416 e. The van der Waals surface area contributed by atoms with Crippen LogP contribution >= 0.6 is 0 Å². The number of rotatable bonds is 17. The van der Waals surface area contributed by atoms with E-state index in [0.29, 0.717) is 0 Å². The van der Waals surface area contributed by atoms with Gasteiger partial charge in [-0.25, -0.2) is 4.39 Å². The minimum Gasteiger partial charge on any atom is -0.466 e. The Balaban J connectivity index is 2.10. The molecule has 0 amide bonds. The summed E-state index contributed by atoms with van der Waals surface area (Å²) in [6, 6.07) is 2.53. The molecule has 33 heavy (non-hydrogen) atoms. The van der Waals surface area contributed by atoms with Gasteiger partial charge in [0, 0.05) is 5.56 Å². The molecule has 0 saturated carbocycles. The molecule has 0 unspecified atom stereocenters. The summed E-state index contributed by atoms with van der Waals surface area (Å²) in [7, 11) is 0. The van der Waals surface area contributed by atoms with Crippen molar-refractivity contribution >= 4 is 11.9 Å². The van der Waals surface area contributed by atoms with Gasteiger partial charge in [0.15, 0.2) is 0 Å². The minimum absolute atomic E-state index is 0.236. The van der Waals surface area contributed by atoms with Gasteiger partial charge in [-0.2, -0.15) is 13.2 Å². The normalized spacial score (nSPS) is 11.4. The number of ether oxygens (including phenoxy) is 2. The van der Waals surface area contributed by atoms with Crippen molar-refractivity contribution in [3.63, 3.8) is 0 Å². The van der Waals surface area contributed by atoms with E-state index in [4.69, 9.17) is 9.47 Å². The van der Waals surface area contributed by atoms with Gasteiger partial charge >= 0.3 is 18.1 Å². The van der Waals surface area contributed by atoms with Gasteiger partial charge < -0.3 is 9.47 Å². The first-order valence-corrected chi connectivity index (χ1v) is 11.9. The fourth-order valence-electron chi connectivity index (χ4n) is 3.42. The second-order valence-electron chi connectivity index (χ2n) is 8.18. The molecule has 0 aliphatic carbocycles. The highest BCUT2D eigenvalue weighted by atomic mass is 19.4. The number of esters is 2. The molecule has 0 fully saturated rings. The summed E-state index contributed by atoms with van der Waals surface area (Å²) >= 11 is 0. The van der Waals surface area contributed by atoms with Crippen molar-refractivity contribution in [1.29, 1.82) is 0 Å². The standard InChI is InChI=1S/C25H36F4O4/c1-2-3-4-5-6-7-8-9-10-11-12-18-32-23(30)16-17-24(31)33-19-20-21(25(27,28)29)14-13-15-22(20)26/h13-15H,2-12,16-19H2,1H3. The zero-order valence-electron chi connectivity index (χ0n) is 19.5. The number of halogens is 4. The lowest BCUT2D eigenvalue weighted by atomic mass is 10.1. The molecule has 1 aromatic rings. The van der Waals surface area contributed by atoms with Crippen molar-refractivity contribution in [2.24, 2.45) is 0 Å². The van der Waals surface area contributed by atoms with Crippen molar-refractivity contribution in [2.45, 2.75) is 103 Å². The molecular formula is C25H36F4O4. The van der Waals surface area contributed by atoms with E-state index in [2.05, 4.69) is 6.92 Å². The number of carbonyl (C=O) groups excluding carboxylic acids is 2. The fourth-order valence-corrected chi connectivity index (χ4v) is 3.42. The van der Waals surface area contributed by atoms with Crippen molar-refractivity contribution < 1.29 is 36.6 Å². The number of alkyl halides is 3. The first kappa shape index (κ1) is 28.9. The molecule has 0 N–H and O–H groups in total. The summed E-state index contributed by atoms with van der Waals surface area (Å²) in [5, 5.41) is 0. The maximum absolute atomic E-state index is 13.7. The average Bonchev–Trinajstić information content (AvgIpc) is 2.76. The van der Waals surface area contributed by atoms with Crippen LogP contribution in [0.4, 0.5) is 17.6 Å². The van der Waals surface area contributed by atoms with Crippen LogP contribution in [-0.2, 0) is 31.8 Å². The predicted octanol–water partition coefficient (Wildman–Crippen LogP) is 7.52. The Morgan fingerprint density at radius 1 is 0.788 bits per heavy atom. The maximum atomic E-state index is 13.7. The van der Waals surface area contributed by atoms with Crippen LogP contribution in [0.25, 0.3) is 0 Å². The van der Waals surface area contributed by atoms with E-state index in [1.807, 2.05) is 0 Å². The highest BCUT2D eigenvalue weighted by molar-refractivity contribution is 5.77. The Morgan fingerprint density at radius 3 is 1.85 bits per heavy atom. The van der Waals surface area contributed by atoms with Gasteiger partial charge in [-0.15, -0.1) is 0 Å². The molecule has 0 saturated heterocycles. The van der Waals surface area contributed by atoms with Gasteiger partial charge in [0.1, 0.15) is 12.4 Å². The quantitative estimate of drug-likeness (QED) is 0.133. The number of hydrogen-bond donors (Lipinski definition) is 0. The van der Waals surface area contributed by atoms with Crippen LogP contribution in [0.5, 0.6) is 0 Å². The summed E-state index contributed by atoms with van der Waals surface area (Å²) in [4.78, 5) is 23.4. The molecule has 1 aromatic carbocycles. The summed E-state index contributed by atoms with van der Waals surface area (Å²) in [6.45, 7) is 1.63. The van der Waals surface area contributed by atoms with E-state index in [9.17, 15) is 27.2 Å². The largest absolute Gasteiger partial charge is 0.466 e. The number of benzene rings is 1. The van der Waals surface area contributed by atoms with Crippen LogP contribution < -0.4 is 0 Å². The van der Waals surface area contributed by atoms with Crippen molar-refractivity contribution in [2.75, 3.05) is 6.61 Å². The third-order valence-electron chi connectivity index (χ3n) is 5.35. The van der Waals surface area contributed by atoms with Crippen molar-refractivity contribution in [3.8, 4) is 0 Å². The van der Waals surface area contributed by atoms with Gasteiger partial charge in [0.05, 0.1) is 25.0 Å². The zero-order valence-corrected chi connectivity index (χ0v) is 19.5. The van der Waals surface area contributed by atoms with Crippen LogP contribution in [0.15, 0.2) is 18.2 Å². The molecule has 8 heteroatoms. The third-order valence-corrected chi connectivity index (χ3v) is 5.35. The van der Waals surface area contributed by atoms with Crippen LogP contribution in [-0.4, -0.2) is 18.5 Å². The molecule has 0 aliphatic rings. The second-order valence-corrected chi connectivity index (χ2v) is 8.18. The molecule has 0 spiro atoms. The molecule has 0 aliphatic heterocycles. The summed E-state index contributed by atoms with van der Waals surface area (Å²) < 4.78 is 62.3. The van der Waals surface area contributed by atoms with Crippen LogP contribution in [0.2, 0.25) is 0 Å². The Hall–Kier alpha value is -2.12. The van der Waals surface area contributed by atoms with Gasteiger partial charge in [-0.1, -0.05) is 77.2 Å².